The average molecular weight is 316 g/mol. The Labute approximate surface area is 132 Å². The molecule has 2 N–H and O–H groups in total. The van der Waals surface area contributed by atoms with Crippen molar-refractivity contribution in [3.8, 4) is 0 Å². The van der Waals surface area contributed by atoms with Crippen LogP contribution in [0.15, 0.2) is 0 Å². The molecule has 0 aliphatic carbocycles. The molecule has 0 aromatic rings. The molecule has 21 heavy (non-hydrogen) atoms. The van der Waals surface area contributed by atoms with E-state index in [1.54, 1.807) is 20.8 Å². The lowest BCUT2D eigenvalue weighted by atomic mass is 10.0. The van der Waals surface area contributed by atoms with Gasteiger partial charge in [-0.2, -0.15) is 11.8 Å². The molecule has 0 saturated carbocycles. The molecule has 0 spiro atoms. The number of thioether (sulfide) groups is 1. The first kappa shape index (κ1) is 18.1. The lowest BCUT2D eigenvalue weighted by Crippen LogP contribution is -2.51. The van der Waals surface area contributed by atoms with Crippen LogP contribution < -0.4 is 10.6 Å². The molecule has 0 bridgehead atoms. The quantitative estimate of drug-likeness (QED) is 0.818. The molecule has 1 aliphatic heterocycles. The monoisotopic (exact) mass is 316 g/mol. The molecule has 122 valence electrons. The number of hydrogen-bond donors (Lipinski definition) is 2. The van der Waals surface area contributed by atoms with Gasteiger partial charge in [-0.1, -0.05) is 13.8 Å². The topological polar surface area (TPSA) is 67.4 Å². The van der Waals surface area contributed by atoms with Crippen LogP contribution in [0, 0.1) is 5.92 Å². The predicted octanol–water partition coefficient (Wildman–Crippen LogP) is 2.55. The first-order chi connectivity index (χ1) is 9.69. The molecule has 6 heteroatoms. The van der Waals surface area contributed by atoms with Gasteiger partial charge in [0.1, 0.15) is 11.6 Å². The van der Waals surface area contributed by atoms with Crippen LogP contribution in [0.1, 0.15) is 47.5 Å². The smallest absolute Gasteiger partial charge is 0.408 e. The summed E-state index contributed by atoms with van der Waals surface area (Å²) in [5.41, 5.74) is -0.567. The molecule has 1 fully saturated rings. The van der Waals surface area contributed by atoms with Crippen molar-refractivity contribution >= 4 is 23.8 Å². The van der Waals surface area contributed by atoms with Gasteiger partial charge in [-0.25, -0.2) is 4.79 Å². The molecule has 5 nitrogen and oxygen atoms in total. The standard InChI is InChI=1S/C15H28N2O3S/c1-10(2)12(17-14(19)20-15(3,4)5)13(18)16-9-11-7-6-8-21-11/h10-12H,6-9H2,1-5H3,(H,16,18)(H,17,19). The number of hydrogen-bond acceptors (Lipinski definition) is 4. The molecule has 1 heterocycles. The van der Waals surface area contributed by atoms with E-state index in [-0.39, 0.29) is 11.8 Å². The Balaban J connectivity index is 2.47. The minimum atomic E-state index is -0.567. The van der Waals surface area contributed by atoms with Crippen LogP contribution in [-0.2, 0) is 9.53 Å². The lowest BCUT2D eigenvalue weighted by molar-refractivity contribution is -0.124. The van der Waals surface area contributed by atoms with E-state index in [4.69, 9.17) is 4.74 Å². The van der Waals surface area contributed by atoms with Crippen LogP contribution in [0.5, 0.6) is 0 Å². The van der Waals surface area contributed by atoms with Gasteiger partial charge in [-0.3, -0.25) is 4.79 Å². The van der Waals surface area contributed by atoms with E-state index in [1.807, 2.05) is 25.6 Å². The number of nitrogens with one attached hydrogen (secondary N) is 2. The van der Waals surface area contributed by atoms with Gasteiger partial charge in [0.25, 0.3) is 0 Å². The maximum Gasteiger partial charge on any atom is 0.408 e. The molecule has 2 unspecified atom stereocenters. The summed E-state index contributed by atoms with van der Waals surface area (Å²) in [6.45, 7) is 9.89. The third-order valence-corrected chi connectivity index (χ3v) is 4.55. The maximum absolute atomic E-state index is 12.3. The highest BCUT2D eigenvalue weighted by Crippen LogP contribution is 2.25. The van der Waals surface area contributed by atoms with Gasteiger partial charge in [-0.05, 0) is 45.3 Å². The summed E-state index contributed by atoms with van der Waals surface area (Å²) in [5.74, 6) is 1.04. The molecule has 1 saturated heterocycles. The molecule has 0 radical (unpaired) electrons. The summed E-state index contributed by atoms with van der Waals surface area (Å²) in [6.07, 6.45) is 1.82. The number of amides is 2. The van der Waals surface area contributed by atoms with Crippen molar-refractivity contribution in [2.45, 2.75) is 64.4 Å². The predicted molar refractivity (Wildman–Crippen MR) is 86.5 cm³/mol. The van der Waals surface area contributed by atoms with Crippen molar-refractivity contribution < 1.29 is 14.3 Å². The molecule has 1 aliphatic rings. The highest BCUT2D eigenvalue weighted by atomic mass is 32.2. The summed E-state index contributed by atoms with van der Waals surface area (Å²) in [4.78, 5) is 24.1. The van der Waals surface area contributed by atoms with Crippen molar-refractivity contribution in [2.24, 2.45) is 5.92 Å². The summed E-state index contributed by atoms with van der Waals surface area (Å²) in [7, 11) is 0. The van der Waals surface area contributed by atoms with Gasteiger partial charge in [0, 0.05) is 11.8 Å². The van der Waals surface area contributed by atoms with Gasteiger partial charge in [0.05, 0.1) is 0 Å². The van der Waals surface area contributed by atoms with Crippen molar-refractivity contribution in [3.05, 3.63) is 0 Å². The zero-order valence-electron chi connectivity index (χ0n) is 13.7. The minimum absolute atomic E-state index is 0.00810. The van der Waals surface area contributed by atoms with Crippen molar-refractivity contribution in [1.29, 1.82) is 0 Å². The van der Waals surface area contributed by atoms with E-state index in [2.05, 4.69) is 10.6 Å². The van der Waals surface area contributed by atoms with Crippen LogP contribution in [0.3, 0.4) is 0 Å². The highest BCUT2D eigenvalue weighted by Gasteiger charge is 2.27. The van der Waals surface area contributed by atoms with E-state index in [0.29, 0.717) is 11.8 Å². The Morgan fingerprint density at radius 2 is 2.00 bits per heavy atom. The average Bonchev–Trinajstić information content (AvgIpc) is 2.83. The second kappa shape index (κ2) is 7.92. The Bertz CT molecular complexity index is 360. The number of carbonyl (C=O) groups is 2. The number of carbonyl (C=O) groups excluding carboxylic acids is 2. The summed E-state index contributed by atoms with van der Waals surface area (Å²) in [6, 6.07) is -0.564. The molecule has 1 rings (SSSR count). The molecular weight excluding hydrogens is 288 g/mol. The van der Waals surface area contributed by atoms with Crippen molar-refractivity contribution in [2.75, 3.05) is 12.3 Å². The molecule has 0 aromatic carbocycles. The van der Waals surface area contributed by atoms with Crippen LogP contribution >= 0.6 is 11.8 Å². The third kappa shape index (κ3) is 7.07. The van der Waals surface area contributed by atoms with Gasteiger partial charge in [-0.15, -0.1) is 0 Å². The van der Waals surface area contributed by atoms with Gasteiger partial charge >= 0.3 is 6.09 Å². The second-order valence-corrected chi connectivity index (χ2v) is 8.16. The lowest BCUT2D eigenvalue weighted by Gasteiger charge is -2.25. The van der Waals surface area contributed by atoms with Crippen LogP contribution in [0.2, 0.25) is 0 Å². The summed E-state index contributed by atoms with van der Waals surface area (Å²) >= 11 is 1.90. The maximum atomic E-state index is 12.3. The first-order valence-corrected chi connectivity index (χ1v) is 8.63. The van der Waals surface area contributed by atoms with E-state index >= 15 is 0 Å². The Morgan fingerprint density at radius 1 is 1.33 bits per heavy atom. The largest absolute Gasteiger partial charge is 0.444 e. The third-order valence-electron chi connectivity index (χ3n) is 3.15. The van der Waals surface area contributed by atoms with Gasteiger partial charge in [0.15, 0.2) is 0 Å². The highest BCUT2D eigenvalue weighted by molar-refractivity contribution is 8.00. The number of rotatable bonds is 5. The Hall–Kier alpha value is -0.910. The fourth-order valence-electron chi connectivity index (χ4n) is 2.10. The Morgan fingerprint density at radius 3 is 2.48 bits per heavy atom. The first-order valence-electron chi connectivity index (χ1n) is 7.58. The molecular formula is C15H28N2O3S. The van der Waals surface area contributed by atoms with E-state index in [1.165, 1.54) is 12.2 Å². The van der Waals surface area contributed by atoms with E-state index in [9.17, 15) is 9.59 Å². The van der Waals surface area contributed by atoms with Crippen molar-refractivity contribution in [3.63, 3.8) is 0 Å². The van der Waals surface area contributed by atoms with Crippen LogP contribution in [0.25, 0.3) is 0 Å². The molecule has 2 atom stereocenters. The van der Waals surface area contributed by atoms with Gasteiger partial charge in [0.2, 0.25) is 5.91 Å². The fourth-order valence-corrected chi connectivity index (χ4v) is 3.30. The van der Waals surface area contributed by atoms with E-state index < -0.39 is 17.7 Å². The van der Waals surface area contributed by atoms with Crippen molar-refractivity contribution in [1.82, 2.24) is 10.6 Å². The second-order valence-electron chi connectivity index (χ2n) is 6.75. The summed E-state index contributed by atoms with van der Waals surface area (Å²) < 4.78 is 5.21. The minimum Gasteiger partial charge on any atom is -0.444 e. The summed E-state index contributed by atoms with van der Waals surface area (Å²) in [5, 5.41) is 6.12. The normalized spacial score (nSPS) is 20.2. The zero-order chi connectivity index (χ0) is 16.0. The van der Waals surface area contributed by atoms with Crippen LogP contribution in [-0.4, -0.2) is 41.2 Å². The zero-order valence-corrected chi connectivity index (χ0v) is 14.5. The number of alkyl carbamates (subject to hydrolysis) is 1. The van der Waals surface area contributed by atoms with E-state index in [0.717, 1.165) is 6.42 Å². The molecule has 2 amide bonds. The van der Waals surface area contributed by atoms with Crippen LogP contribution in [0.4, 0.5) is 4.79 Å². The number of ether oxygens (including phenoxy) is 1. The Kier molecular flexibility index (Phi) is 6.84. The molecule has 0 aromatic heterocycles. The SMILES string of the molecule is CC(C)C(NC(=O)OC(C)(C)C)C(=O)NCC1CCCS1. The fraction of sp³-hybridized carbons (Fsp3) is 0.867. The van der Waals surface area contributed by atoms with Gasteiger partial charge < -0.3 is 15.4 Å².